The molecule has 2 aromatic carbocycles. The second-order valence-electron chi connectivity index (χ2n) is 4.92. The number of carboxylic acids is 1. The molecular weight excluding hydrogens is 282 g/mol. The average molecular weight is 301 g/mol. The van der Waals surface area contributed by atoms with Gasteiger partial charge in [0.05, 0.1) is 5.92 Å². The SMILES string of the molecule is N[C@H](CSc1ccccc1)C(Cc1ccccc1)C(=O)O. The van der Waals surface area contributed by atoms with Crippen LogP contribution in [0.2, 0.25) is 0 Å². The number of nitrogens with two attached hydrogens (primary N) is 1. The summed E-state index contributed by atoms with van der Waals surface area (Å²) in [5, 5.41) is 9.41. The summed E-state index contributed by atoms with van der Waals surface area (Å²) in [7, 11) is 0. The zero-order chi connectivity index (χ0) is 15.1. The molecule has 110 valence electrons. The summed E-state index contributed by atoms with van der Waals surface area (Å²) in [6, 6.07) is 19.1. The zero-order valence-corrected chi connectivity index (χ0v) is 12.5. The van der Waals surface area contributed by atoms with E-state index in [0.717, 1.165) is 10.5 Å². The van der Waals surface area contributed by atoms with Crippen LogP contribution >= 0.6 is 11.8 Å². The Hall–Kier alpha value is -1.78. The van der Waals surface area contributed by atoms with Crippen LogP contribution in [0.15, 0.2) is 65.6 Å². The van der Waals surface area contributed by atoms with Gasteiger partial charge in [0.15, 0.2) is 0 Å². The molecule has 0 aromatic heterocycles. The number of carboxylic acid groups (broad SMARTS) is 1. The lowest BCUT2D eigenvalue weighted by molar-refractivity contribution is -0.142. The highest BCUT2D eigenvalue weighted by Gasteiger charge is 2.25. The van der Waals surface area contributed by atoms with Crippen LogP contribution in [0.1, 0.15) is 5.56 Å². The summed E-state index contributed by atoms with van der Waals surface area (Å²) in [5.74, 6) is -0.808. The molecule has 2 aromatic rings. The van der Waals surface area contributed by atoms with Gasteiger partial charge in [0.25, 0.3) is 0 Å². The highest BCUT2D eigenvalue weighted by Crippen LogP contribution is 2.21. The summed E-state index contributed by atoms with van der Waals surface area (Å²) >= 11 is 1.60. The molecule has 0 fully saturated rings. The molecule has 1 unspecified atom stereocenters. The maximum atomic E-state index is 11.5. The molecule has 0 aliphatic rings. The Morgan fingerprint density at radius 1 is 1.05 bits per heavy atom. The van der Waals surface area contributed by atoms with Gasteiger partial charge < -0.3 is 10.8 Å². The van der Waals surface area contributed by atoms with E-state index < -0.39 is 11.9 Å². The molecule has 4 heteroatoms. The summed E-state index contributed by atoms with van der Waals surface area (Å²) in [6.07, 6.45) is 0.465. The van der Waals surface area contributed by atoms with E-state index in [9.17, 15) is 9.90 Å². The number of carbonyl (C=O) groups is 1. The second-order valence-corrected chi connectivity index (χ2v) is 6.02. The Balaban J connectivity index is 1.96. The van der Waals surface area contributed by atoms with Gasteiger partial charge in [0.2, 0.25) is 0 Å². The molecule has 2 atom stereocenters. The topological polar surface area (TPSA) is 63.3 Å². The fourth-order valence-electron chi connectivity index (χ4n) is 2.12. The first-order valence-corrected chi connectivity index (χ1v) is 7.85. The summed E-state index contributed by atoms with van der Waals surface area (Å²) < 4.78 is 0. The van der Waals surface area contributed by atoms with Crippen LogP contribution in [-0.2, 0) is 11.2 Å². The highest BCUT2D eigenvalue weighted by atomic mass is 32.2. The molecule has 0 radical (unpaired) electrons. The van der Waals surface area contributed by atoms with Gasteiger partial charge in [-0.3, -0.25) is 4.79 Å². The molecule has 0 spiro atoms. The van der Waals surface area contributed by atoms with Gasteiger partial charge in [-0.15, -0.1) is 11.8 Å². The average Bonchev–Trinajstić information content (AvgIpc) is 2.52. The van der Waals surface area contributed by atoms with Crippen molar-refractivity contribution in [3.63, 3.8) is 0 Å². The Kier molecular flexibility index (Phi) is 5.84. The van der Waals surface area contributed by atoms with Crippen molar-refractivity contribution in [1.29, 1.82) is 0 Å². The molecule has 2 rings (SSSR count). The van der Waals surface area contributed by atoms with Gasteiger partial charge in [-0.1, -0.05) is 48.5 Å². The van der Waals surface area contributed by atoms with Crippen molar-refractivity contribution in [3.8, 4) is 0 Å². The van der Waals surface area contributed by atoms with Crippen LogP contribution in [0, 0.1) is 5.92 Å². The van der Waals surface area contributed by atoms with E-state index in [2.05, 4.69) is 0 Å². The molecule has 0 saturated heterocycles. The van der Waals surface area contributed by atoms with E-state index >= 15 is 0 Å². The van der Waals surface area contributed by atoms with Gasteiger partial charge >= 0.3 is 5.97 Å². The summed E-state index contributed by atoms with van der Waals surface area (Å²) in [6.45, 7) is 0. The molecule has 0 aliphatic heterocycles. The Bertz CT molecular complexity index is 560. The number of hydrogen-bond donors (Lipinski definition) is 2. The highest BCUT2D eigenvalue weighted by molar-refractivity contribution is 7.99. The van der Waals surface area contributed by atoms with Crippen molar-refractivity contribution >= 4 is 17.7 Å². The van der Waals surface area contributed by atoms with E-state index in [1.165, 1.54) is 0 Å². The van der Waals surface area contributed by atoms with E-state index in [1.54, 1.807) is 11.8 Å². The van der Waals surface area contributed by atoms with Crippen LogP contribution in [0.4, 0.5) is 0 Å². The standard InChI is InChI=1S/C17H19NO2S/c18-16(12-21-14-9-5-2-6-10-14)15(17(19)20)11-13-7-3-1-4-8-13/h1-10,15-16H,11-12,18H2,(H,19,20)/t15?,16-/m1/s1. The molecule has 0 amide bonds. The monoisotopic (exact) mass is 301 g/mol. The van der Waals surface area contributed by atoms with Gasteiger partial charge in [-0.05, 0) is 24.1 Å². The maximum Gasteiger partial charge on any atom is 0.308 e. The van der Waals surface area contributed by atoms with Crippen molar-refractivity contribution in [2.24, 2.45) is 11.7 Å². The fraction of sp³-hybridized carbons (Fsp3) is 0.235. The Morgan fingerprint density at radius 2 is 1.62 bits per heavy atom. The lowest BCUT2D eigenvalue weighted by atomic mass is 9.94. The minimum Gasteiger partial charge on any atom is -0.481 e. The van der Waals surface area contributed by atoms with Crippen LogP contribution in [0.5, 0.6) is 0 Å². The third kappa shape index (κ3) is 4.92. The van der Waals surface area contributed by atoms with Crippen molar-refractivity contribution in [2.45, 2.75) is 17.4 Å². The van der Waals surface area contributed by atoms with Crippen molar-refractivity contribution in [3.05, 3.63) is 66.2 Å². The number of benzene rings is 2. The van der Waals surface area contributed by atoms with Gasteiger partial charge in [-0.2, -0.15) is 0 Å². The third-order valence-corrected chi connectivity index (χ3v) is 4.48. The maximum absolute atomic E-state index is 11.5. The minimum absolute atomic E-state index is 0.382. The molecule has 0 aliphatic carbocycles. The lowest BCUT2D eigenvalue weighted by Gasteiger charge is -2.20. The van der Waals surface area contributed by atoms with Crippen molar-refractivity contribution in [2.75, 3.05) is 5.75 Å². The lowest BCUT2D eigenvalue weighted by Crippen LogP contribution is -2.38. The largest absolute Gasteiger partial charge is 0.481 e. The second kappa shape index (κ2) is 7.86. The Labute approximate surface area is 129 Å². The van der Waals surface area contributed by atoms with Gasteiger partial charge in [0.1, 0.15) is 0 Å². The predicted octanol–water partition coefficient (Wildman–Crippen LogP) is 3.05. The first-order valence-electron chi connectivity index (χ1n) is 6.87. The Morgan fingerprint density at radius 3 is 2.19 bits per heavy atom. The van der Waals surface area contributed by atoms with Crippen LogP contribution in [-0.4, -0.2) is 22.9 Å². The van der Waals surface area contributed by atoms with E-state index in [0.29, 0.717) is 12.2 Å². The fourth-order valence-corrected chi connectivity index (χ4v) is 3.08. The minimum atomic E-state index is -0.833. The molecule has 3 nitrogen and oxygen atoms in total. The number of aliphatic carboxylic acids is 1. The molecule has 21 heavy (non-hydrogen) atoms. The predicted molar refractivity (Wildman–Crippen MR) is 86.4 cm³/mol. The molecule has 0 bridgehead atoms. The van der Waals surface area contributed by atoms with E-state index in [1.807, 2.05) is 60.7 Å². The van der Waals surface area contributed by atoms with Crippen molar-refractivity contribution in [1.82, 2.24) is 0 Å². The van der Waals surface area contributed by atoms with Crippen LogP contribution < -0.4 is 5.73 Å². The first-order chi connectivity index (χ1) is 10.2. The quantitative estimate of drug-likeness (QED) is 0.772. The van der Waals surface area contributed by atoms with Crippen molar-refractivity contribution < 1.29 is 9.90 Å². The molecular formula is C17H19NO2S. The zero-order valence-electron chi connectivity index (χ0n) is 11.7. The summed E-state index contributed by atoms with van der Waals surface area (Å²) in [4.78, 5) is 12.6. The third-order valence-electron chi connectivity index (χ3n) is 3.32. The summed E-state index contributed by atoms with van der Waals surface area (Å²) in [5.41, 5.74) is 7.12. The number of thioether (sulfide) groups is 1. The van der Waals surface area contributed by atoms with Crippen LogP contribution in [0.3, 0.4) is 0 Å². The van der Waals surface area contributed by atoms with E-state index in [-0.39, 0.29) is 6.04 Å². The number of hydrogen-bond acceptors (Lipinski definition) is 3. The van der Waals surface area contributed by atoms with Gasteiger partial charge in [0, 0.05) is 16.7 Å². The normalized spacial score (nSPS) is 13.6. The molecule has 0 heterocycles. The van der Waals surface area contributed by atoms with Gasteiger partial charge in [-0.25, -0.2) is 0 Å². The number of rotatable bonds is 7. The first kappa shape index (κ1) is 15.6. The molecule has 3 N–H and O–H groups in total. The van der Waals surface area contributed by atoms with E-state index in [4.69, 9.17) is 5.73 Å². The molecule has 0 saturated carbocycles. The van der Waals surface area contributed by atoms with Crippen LogP contribution in [0.25, 0.3) is 0 Å². The smallest absolute Gasteiger partial charge is 0.308 e.